The van der Waals surface area contributed by atoms with Crippen molar-refractivity contribution in [3.63, 3.8) is 0 Å². The van der Waals surface area contributed by atoms with Crippen LogP contribution in [-0.4, -0.2) is 25.3 Å². The predicted molar refractivity (Wildman–Crippen MR) is 68.3 cm³/mol. The number of hydrogen-bond acceptors (Lipinski definition) is 3. The number of imidazole rings is 2. The average molecular weight is 240 g/mol. The van der Waals surface area contributed by atoms with Crippen molar-refractivity contribution >= 4 is 16.8 Å². The number of fused-ring (bicyclic) bond motifs is 1. The third-order valence-corrected chi connectivity index (χ3v) is 2.92. The van der Waals surface area contributed by atoms with Crippen LogP contribution in [0.1, 0.15) is 17.3 Å². The molecule has 0 saturated heterocycles. The van der Waals surface area contributed by atoms with E-state index in [9.17, 15) is 4.79 Å². The lowest BCUT2D eigenvalue weighted by molar-refractivity contribution is 0.101. The quantitative estimate of drug-likeness (QED) is 0.698. The van der Waals surface area contributed by atoms with Crippen LogP contribution in [-0.2, 0) is 7.05 Å². The van der Waals surface area contributed by atoms with Crippen LogP contribution < -0.4 is 0 Å². The number of carbonyl (C=O) groups excluding carboxylic acids is 1. The van der Waals surface area contributed by atoms with Gasteiger partial charge in [-0.2, -0.15) is 0 Å². The van der Waals surface area contributed by atoms with Gasteiger partial charge >= 0.3 is 0 Å². The fourth-order valence-electron chi connectivity index (χ4n) is 1.93. The molecular formula is C13H12N4O. The summed E-state index contributed by atoms with van der Waals surface area (Å²) >= 11 is 0. The lowest BCUT2D eigenvalue weighted by Crippen LogP contribution is -1.92. The molecule has 0 bridgehead atoms. The van der Waals surface area contributed by atoms with Crippen molar-refractivity contribution in [2.24, 2.45) is 7.05 Å². The van der Waals surface area contributed by atoms with Crippen LogP contribution >= 0.6 is 0 Å². The van der Waals surface area contributed by atoms with Crippen molar-refractivity contribution < 1.29 is 4.79 Å². The van der Waals surface area contributed by atoms with Crippen molar-refractivity contribution in [1.29, 1.82) is 0 Å². The van der Waals surface area contributed by atoms with Gasteiger partial charge in [0.05, 0.1) is 11.0 Å². The molecule has 0 amide bonds. The average Bonchev–Trinajstić information content (AvgIpc) is 2.92. The molecule has 0 atom stereocenters. The largest absolute Gasteiger partial charge is 0.335 e. The number of rotatable bonds is 2. The molecule has 2 heterocycles. The maximum absolute atomic E-state index is 11.3. The summed E-state index contributed by atoms with van der Waals surface area (Å²) in [7, 11) is 1.91. The minimum absolute atomic E-state index is 0.0463. The number of nitrogens with zero attached hydrogens (tertiary/aromatic N) is 3. The number of benzene rings is 1. The molecule has 0 aliphatic carbocycles. The molecule has 0 saturated carbocycles. The van der Waals surface area contributed by atoms with Gasteiger partial charge in [0.2, 0.25) is 0 Å². The van der Waals surface area contributed by atoms with E-state index in [1.54, 1.807) is 19.2 Å². The first-order valence-electron chi connectivity index (χ1n) is 5.63. The van der Waals surface area contributed by atoms with E-state index in [0.29, 0.717) is 11.4 Å². The van der Waals surface area contributed by atoms with Gasteiger partial charge in [-0.05, 0) is 25.1 Å². The molecule has 0 unspecified atom stereocenters. The zero-order valence-electron chi connectivity index (χ0n) is 10.1. The number of ketones is 1. The van der Waals surface area contributed by atoms with Crippen LogP contribution in [0.5, 0.6) is 0 Å². The van der Waals surface area contributed by atoms with Crippen LogP contribution in [0.25, 0.3) is 22.7 Å². The van der Waals surface area contributed by atoms with Gasteiger partial charge in [-0.1, -0.05) is 0 Å². The molecule has 3 aromatic rings. The second-order valence-corrected chi connectivity index (χ2v) is 4.24. The summed E-state index contributed by atoms with van der Waals surface area (Å²) in [5.41, 5.74) is 2.36. The number of aromatic amines is 1. The lowest BCUT2D eigenvalue weighted by Gasteiger charge is -1.95. The molecule has 1 N–H and O–H groups in total. The first-order valence-corrected chi connectivity index (χ1v) is 5.63. The lowest BCUT2D eigenvalue weighted by atomic mass is 10.1. The third kappa shape index (κ3) is 1.60. The van der Waals surface area contributed by atoms with Gasteiger partial charge in [0.25, 0.3) is 0 Å². The smallest absolute Gasteiger partial charge is 0.175 e. The summed E-state index contributed by atoms with van der Waals surface area (Å²) in [6, 6.07) is 5.44. The monoisotopic (exact) mass is 240 g/mol. The van der Waals surface area contributed by atoms with Crippen LogP contribution in [0.15, 0.2) is 30.6 Å². The molecule has 90 valence electrons. The Morgan fingerprint density at radius 2 is 2.22 bits per heavy atom. The molecule has 2 aromatic heterocycles. The van der Waals surface area contributed by atoms with E-state index in [0.717, 1.165) is 16.9 Å². The molecule has 0 radical (unpaired) electrons. The second-order valence-electron chi connectivity index (χ2n) is 4.24. The summed E-state index contributed by atoms with van der Waals surface area (Å²) in [6.07, 6.45) is 3.59. The van der Waals surface area contributed by atoms with Gasteiger partial charge < -0.3 is 9.55 Å². The highest BCUT2D eigenvalue weighted by Crippen LogP contribution is 2.19. The van der Waals surface area contributed by atoms with E-state index >= 15 is 0 Å². The molecule has 0 fully saturated rings. The summed E-state index contributed by atoms with van der Waals surface area (Å²) in [5.74, 6) is 1.53. The fraction of sp³-hybridized carbons (Fsp3) is 0.154. The molecule has 5 nitrogen and oxygen atoms in total. The summed E-state index contributed by atoms with van der Waals surface area (Å²) in [5, 5.41) is 0. The number of aromatic nitrogens is 4. The molecule has 0 aliphatic rings. The van der Waals surface area contributed by atoms with E-state index in [2.05, 4.69) is 15.0 Å². The van der Waals surface area contributed by atoms with Gasteiger partial charge in [-0.25, -0.2) is 9.97 Å². The second kappa shape index (κ2) is 3.80. The Hall–Kier alpha value is -2.43. The molecule has 3 rings (SSSR count). The van der Waals surface area contributed by atoms with E-state index < -0.39 is 0 Å². The van der Waals surface area contributed by atoms with Gasteiger partial charge in [-0.3, -0.25) is 4.79 Å². The minimum atomic E-state index is 0.0463. The summed E-state index contributed by atoms with van der Waals surface area (Å²) in [6.45, 7) is 1.55. The zero-order valence-corrected chi connectivity index (χ0v) is 10.1. The Morgan fingerprint density at radius 3 is 2.89 bits per heavy atom. The van der Waals surface area contributed by atoms with E-state index in [1.165, 1.54) is 0 Å². The van der Waals surface area contributed by atoms with E-state index in [-0.39, 0.29) is 5.78 Å². The molecule has 0 spiro atoms. The summed E-state index contributed by atoms with van der Waals surface area (Å²) in [4.78, 5) is 23.2. The molecular weight excluding hydrogens is 228 g/mol. The molecule has 5 heteroatoms. The highest BCUT2D eigenvalue weighted by molar-refractivity contribution is 5.97. The topological polar surface area (TPSA) is 63.6 Å². The standard InChI is InChI=1S/C13H12N4O/c1-8(18)9-3-4-10-11(7-9)16-12(15-10)13-14-5-6-17(13)2/h3-7H,1-2H3,(H,15,16). The Balaban J connectivity index is 2.17. The van der Waals surface area contributed by atoms with E-state index in [1.807, 2.05) is 29.9 Å². The maximum atomic E-state index is 11.3. The number of nitrogens with one attached hydrogen (secondary N) is 1. The van der Waals surface area contributed by atoms with Crippen molar-refractivity contribution in [3.8, 4) is 11.6 Å². The number of Topliss-reactive ketones (excluding diaryl/α,β-unsaturated/α-hetero) is 1. The van der Waals surface area contributed by atoms with Crippen LogP contribution in [0, 0.1) is 0 Å². The van der Waals surface area contributed by atoms with Gasteiger partial charge in [-0.15, -0.1) is 0 Å². The Kier molecular flexibility index (Phi) is 2.26. The number of H-pyrrole nitrogens is 1. The van der Waals surface area contributed by atoms with Gasteiger partial charge in [0, 0.05) is 25.0 Å². The minimum Gasteiger partial charge on any atom is -0.335 e. The zero-order chi connectivity index (χ0) is 12.7. The predicted octanol–water partition coefficient (Wildman–Crippen LogP) is 2.17. The fourth-order valence-corrected chi connectivity index (χ4v) is 1.93. The number of aryl methyl sites for hydroxylation is 1. The Morgan fingerprint density at radius 1 is 1.39 bits per heavy atom. The number of hydrogen-bond donors (Lipinski definition) is 1. The first kappa shape index (κ1) is 10.7. The van der Waals surface area contributed by atoms with Crippen LogP contribution in [0.2, 0.25) is 0 Å². The van der Waals surface area contributed by atoms with Crippen molar-refractivity contribution in [2.45, 2.75) is 6.92 Å². The number of carbonyl (C=O) groups is 1. The van der Waals surface area contributed by atoms with Gasteiger partial charge in [0.1, 0.15) is 0 Å². The molecule has 0 aliphatic heterocycles. The Bertz CT molecular complexity index is 738. The van der Waals surface area contributed by atoms with Crippen molar-refractivity contribution in [3.05, 3.63) is 36.2 Å². The van der Waals surface area contributed by atoms with Crippen LogP contribution in [0.3, 0.4) is 0 Å². The summed E-state index contributed by atoms with van der Waals surface area (Å²) < 4.78 is 1.89. The van der Waals surface area contributed by atoms with Crippen molar-refractivity contribution in [2.75, 3.05) is 0 Å². The SMILES string of the molecule is CC(=O)c1ccc2nc(-c3nccn3C)[nH]c2c1. The van der Waals surface area contributed by atoms with Crippen LogP contribution in [0.4, 0.5) is 0 Å². The highest BCUT2D eigenvalue weighted by atomic mass is 16.1. The van der Waals surface area contributed by atoms with E-state index in [4.69, 9.17) is 0 Å². The Labute approximate surface area is 103 Å². The normalized spacial score (nSPS) is 11.0. The van der Waals surface area contributed by atoms with Crippen molar-refractivity contribution in [1.82, 2.24) is 19.5 Å². The first-order chi connectivity index (χ1) is 8.65. The maximum Gasteiger partial charge on any atom is 0.175 e. The highest BCUT2D eigenvalue weighted by Gasteiger charge is 2.10. The van der Waals surface area contributed by atoms with Gasteiger partial charge in [0.15, 0.2) is 17.4 Å². The molecule has 18 heavy (non-hydrogen) atoms. The molecule has 1 aromatic carbocycles. The third-order valence-electron chi connectivity index (χ3n) is 2.92.